The summed E-state index contributed by atoms with van der Waals surface area (Å²) in [7, 11) is 0. The largest absolute Gasteiger partial charge is 0.396 e. The van der Waals surface area contributed by atoms with Crippen LogP contribution in [0.4, 0.5) is 0 Å². The van der Waals surface area contributed by atoms with Crippen LogP contribution >= 0.6 is 11.8 Å². The monoisotopic (exact) mass is 268 g/mol. The highest BCUT2D eigenvalue weighted by Crippen LogP contribution is 2.19. The van der Waals surface area contributed by atoms with Crippen LogP contribution in [0.1, 0.15) is 25.5 Å². The standard InChI is InChI=1S/C14H24N2OS/c1-10(9-17)11(2)16-14(8-15)12-4-6-13(18-3)7-5-12/h4-7,10-11,14,16-17H,8-9,15H2,1-3H3. The zero-order chi connectivity index (χ0) is 13.5. The van der Waals surface area contributed by atoms with Crippen molar-refractivity contribution in [2.45, 2.75) is 30.8 Å². The van der Waals surface area contributed by atoms with E-state index in [2.05, 4.69) is 42.8 Å². The second kappa shape index (κ2) is 7.79. The molecular formula is C14H24N2OS. The Kier molecular flexibility index (Phi) is 6.71. The molecule has 102 valence electrons. The van der Waals surface area contributed by atoms with Crippen LogP contribution in [0.5, 0.6) is 0 Å². The number of benzene rings is 1. The molecule has 0 bridgehead atoms. The van der Waals surface area contributed by atoms with Gasteiger partial charge in [0.05, 0.1) is 0 Å². The van der Waals surface area contributed by atoms with Crippen molar-refractivity contribution in [2.24, 2.45) is 11.7 Å². The minimum atomic E-state index is 0.143. The average molecular weight is 268 g/mol. The molecule has 0 radical (unpaired) electrons. The highest BCUT2D eigenvalue weighted by atomic mass is 32.2. The first-order valence-electron chi connectivity index (χ1n) is 6.33. The summed E-state index contributed by atoms with van der Waals surface area (Å²) in [6.07, 6.45) is 2.07. The smallest absolute Gasteiger partial charge is 0.0471 e. The third kappa shape index (κ3) is 4.28. The van der Waals surface area contributed by atoms with Gasteiger partial charge < -0.3 is 16.2 Å². The second-order valence-electron chi connectivity index (χ2n) is 4.68. The van der Waals surface area contributed by atoms with Crippen LogP contribution in [0.2, 0.25) is 0 Å². The van der Waals surface area contributed by atoms with E-state index < -0.39 is 0 Å². The Morgan fingerprint density at radius 2 is 1.89 bits per heavy atom. The maximum absolute atomic E-state index is 9.16. The highest BCUT2D eigenvalue weighted by molar-refractivity contribution is 7.98. The third-order valence-electron chi connectivity index (χ3n) is 3.36. The van der Waals surface area contributed by atoms with Crippen LogP contribution in [0, 0.1) is 5.92 Å². The van der Waals surface area contributed by atoms with Crippen molar-refractivity contribution >= 4 is 11.8 Å². The predicted molar refractivity (Wildman–Crippen MR) is 78.9 cm³/mol. The van der Waals surface area contributed by atoms with Gasteiger partial charge in [-0.2, -0.15) is 0 Å². The van der Waals surface area contributed by atoms with Gasteiger partial charge in [0.2, 0.25) is 0 Å². The van der Waals surface area contributed by atoms with Crippen molar-refractivity contribution in [2.75, 3.05) is 19.4 Å². The quantitative estimate of drug-likeness (QED) is 0.662. The zero-order valence-corrected chi connectivity index (χ0v) is 12.2. The molecule has 3 nitrogen and oxygen atoms in total. The number of thioether (sulfide) groups is 1. The summed E-state index contributed by atoms with van der Waals surface area (Å²) < 4.78 is 0. The lowest BCUT2D eigenvalue weighted by Crippen LogP contribution is -2.39. The van der Waals surface area contributed by atoms with Crippen molar-refractivity contribution < 1.29 is 5.11 Å². The minimum absolute atomic E-state index is 0.143. The SMILES string of the molecule is CSc1ccc(C(CN)NC(C)C(C)CO)cc1. The van der Waals surface area contributed by atoms with E-state index in [1.807, 2.05) is 6.92 Å². The number of aliphatic hydroxyl groups excluding tert-OH is 1. The van der Waals surface area contributed by atoms with E-state index in [9.17, 15) is 0 Å². The zero-order valence-electron chi connectivity index (χ0n) is 11.4. The number of rotatable bonds is 7. The van der Waals surface area contributed by atoms with Gasteiger partial charge in [-0.25, -0.2) is 0 Å². The lowest BCUT2D eigenvalue weighted by Gasteiger charge is -2.26. The van der Waals surface area contributed by atoms with Crippen LogP contribution < -0.4 is 11.1 Å². The molecule has 0 aliphatic rings. The maximum atomic E-state index is 9.16. The summed E-state index contributed by atoms with van der Waals surface area (Å²) >= 11 is 1.73. The molecule has 0 aliphatic carbocycles. The lowest BCUT2D eigenvalue weighted by molar-refractivity contribution is 0.201. The van der Waals surface area contributed by atoms with Crippen LogP contribution in [-0.2, 0) is 0 Å². The molecular weight excluding hydrogens is 244 g/mol. The van der Waals surface area contributed by atoms with Crippen LogP contribution in [0.15, 0.2) is 29.2 Å². The fourth-order valence-corrected chi connectivity index (χ4v) is 2.18. The molecule has 0 saturated heterocycles. The molecule has 18 heavy (non-hydrogen) atoms. The summed E-state index contributed by atoms with van der Waals surface area (Å²) in [6, 6.07) is 8.85. The summed E-state index contributed by atoms with van der Waals surface area (Å²) in [5, 5.41) is 12.6. The van der Waals surface area contributed by atoms with E-state index in [-0.39, 0.29) is 24.6 Å². The Morgan fingerprint density at radius 3 is 2.33 bits per heavy atom. The van der Waals surface area contributed by atoms with Gasteiger partial charge in [-0.3, -0.25) is 0 Å². The van der Waals surface area contributed by atoms with E-state index in [1.165, 1.54) is 10.5 Å². The molecule has 4 heteroatoms. The van der Waals surface area contributed by atoms with Gasteiger partial charge in [0, 0.05) is 30.1 Å². The molecule has 0 aliphatic heterocycles. The van der Waals surface area contributed by atoms with Gasteiger partial charge in [0.25, 0.3) is 0 Å². The Hall–Kier alpha value is -0.550. The number of nitrogens with two attached hydrogens (primary N) is 1. The molecule has 1 rings (SSSR count). The van der Waals surface area contributed by atoms with Gasteiger partial charge >= 0.3 is 0 Å². The maximum Gasteiger partial charge on any atom is 0.0471 e. The number of aliphatic hydroxyl groups is 1. The highest BCUT2D eigenvalue weighted by Gasteiger charge is 2.16. The fraction of sp³-hybridized carbons (Fsp3) is 0.571. The Morgan fingerprint density at radius 1 is 1.28 bits per heavy atom. The summed E-state index contributed by atoms with van der Waals surface area (Å²) in [5.74, 6) is 0.226. The van der Waals surface area contributed by atoms with Crippen molar-refractivity contribution in [3.05, 3.63) is 29.8 Å². The molecule has 0 saturated carbocycles. The lowest BCUT2D eigenvalue weighted by atomic mass is 10.0. The van der Waals surface area contributed by atoms with Crippen LogP contribution in [0.25, 0.3) is 0 Å². The Labute approximate surface area is 114 Å². The van der Waals surface area contributed by atoms with E-state index in [1.54, 1.807) is 11.8 Å². The molecule has 3 atom stereocenters. The molecule has 1 aromatic rings. The van der Waals surface area contributed by atoms with Crippen LogP contribution in [0.3, 0.4) is 0 Å². The average Bonchev–Trinajstić information content (AvgIpc) is 2.43. The van der Waals surface area contributed by atoms with E-state index in [0.717, 1.165) is 0 Å². The normalized spacial score (nSPS) is 16.3. The number of hydrogen-bond donors (Lipinski definition) is 3. The molecule has 1 aromatic carbocycles. The van der Waals surface area contributed by atoms with Gasteiger partial charge in [0.15, 0.2) is 0 Å². The molecule has 0 aromatic heterocycles. The number of hydrogen-bond acceptors (Lipinski definition) is 4. The summed E-state index contributed by atoms with van der Waals surface area (Å²) in [5.41, 5.74) is 7.04. The Balaban J connectivity index is 2.70. The first-order chi connectivity index (χ1) is 8.62. The van der Waals surface area contributed by atoms with Gasteiger partial charge in [0.1, 0.15) is 0 Å². The summed E-state index contributed by atoms with van der Waals surface area (Å²) in [4.78, 5) is 1.26. The van der Waals surface area contributed by atoms with Crippen molar-refractivity contribution in [3.63, 3.8) is 0 Å². The van der Waals surface area contributed by atoms with Crippen LogP contribution in [-0.4, -0.2) is 30.6 Å². The van der Waals surface area contributed by atoms with E-state index in [4.69, 9.17) is 10.8 Å². The van der Waals surface area contributed by atoms with Crippen molar-refractivity contribution in [3.8, 4) is 0 Å². The van der Waals surface area contributed by atoms with Gasteiger partial charge in [-0.1, -0.05) is 19.1 Å². The predicted octanol–water partition coefficient (Wildman–Crippen LogP) is 2.01. The minimum Gasteiger partial charge on any atom is -0.396 e. The molecule has 4 N–H and O–H groups in total. The Bertz CT molecular complexity index is 342. The first-order valence-corrected chi connectivity index (χ1v) is 7.55. The molecule has 0 fully saturated rings. The third-order valence-corrected chi connectivity index (χ3v) is 4.10. The van der Waals surface area contributed by atoms with Crippen molar-refractivity contribution in [1.29, 1.82) is 0 Å². The molecule has 0 heterocycles. The number of nitrogens with one attached hydrogen (secondary N) is 1. The molecule has 0 spiro atoms. The van der Waals surface area contributed by atoms with E-state index >= 15 is 0 Å². The van der Waals surface area contributed by atoms with E-state index in [0.29, 0.717) is 6.54 Å². The first kappa shape index (κ1) is 15.5. The topological polar surface area (TPSA) is 58.3 Å². The molecule has 0 amide bonds. The fourth-order valence-electron chi connectivity index (χ4n) is 1.78. The van der Waals surface area contributed by atoms with Gasteiger partial charge in [-0.15, -0.1) is 11.8 Å². The van der Waals surface area contributed by atoms with Crippen molar-refractivity contribution in [1.82, 2.24) is 5.32 Å². The summed E-state index contributed by atoms with van der Waals surface area (Å²) in [6.45, 7) is 4.86. The van der Waals surface area contributed by atoms with Gasteiger partial charge in [-0.05, 0) is 36.8 Å². The molecule has 3 unspecified atom stereocenters. The second-order valence-corrected chi connectivity index (χ2v) is 5.56.